The van der Waals surface area contributed by atoms with Gasteiger partial charge >= 0.3 is 0 Å². The molecule has 0 heterocycles. The second-order valence-electron chi connectivity index (χ2n) is 6.27. The molecule has 3 unspecified atom stereocenters. The van der Waals surface area contributed by atoms with E-state index in [1.807, 2.05) is 6.07 Å². The monoisotopic (exact) mass is 291 g/mol. The Hall–Kier alpha value is -1.22. The van der Waals surface area contributed by atoms with Crippen LogP contribution in [-0.2, 0) is 0 Å². The van der Waals surface area contributed by atoms with E-state index in [0.29, 0.717) is 6.04 Å². The number of rotatable bonds is 7. The maximum absolute atomic E-state index is 5.41. The smallest absolute Gasteiger partial charge is 0.161 e. The van der Waals surface area contributed by atoms with Crippen LogP contribution in [0.25, 0.3) is 0 Å². The van der Waals surface area contributed by atoms with Crippen LogP contribution in [0.2, 0.25) is 0 Å². The highest BCUT2D eigenvalue weighted by atomic mass is 16.5. The number of benzene rings is 1. The molecule has 1 saturated carbocycles. The number of methoxy groups -OCH3 is 2. The van der Waals surface area contributed by atoms with Crippen LogP contribution < -0.4 is 14.8 Å². The van der Waals surface area contributed by atoms with Gasteiger partial charge in [0.25, 0.3) is 0 Å². The van der Waals surface area contributed by atoms with Gasteiger partial charge in [-0.2, -0.15) is 0 Å². The van der Waals surface area contributed by atoms with Crippen molar-refractivity contribution in [3.63, 3.8) is 0 Å². The van der Waals surface area contributed by atoms with Crippen molar-refractivity contribution in [2.24, 2.45) is 11.8 Å². The van der Waals surface area contributed by atoms with Crippen LogP contribution in [0.3, 0.4) is 0 Å². The second kappa shape index (κ2) is 7.69. The fourth-order valence-corrected chi connectivity index (χ4v) is 3.39. The molecule has 1 N–H and O–H groups in total. The molecule has 0 aromatic heterocycles. The minimum absolute atomic E-state index is 0.390. The van der Waals surface area contributed by atoms with Gasteiger partial charge in [0.2, 0.25) is 0 Å². The molecule has 0 radical (unpaired) electrons. The summed E-state index contributed by atoms with van der Waals surface area (Å²) in [7, 11) is 3.37. The summed E-state index contributed by atoms with van der Waals surface area (Å²) >= 11 is 0. The Morgan fingerprint density at radius 2 is 1.95 bits per heavy atom. The first-order chi connectivity index (χ1) is 10.2. The van der Waals surface area contributed by atoms with E-state index in [1.54, 1.807) is 14.2 Å². The number of nitrogens with one attached hydrogen (secondary N) is 1. The van der Waals surface area contributed by atoms with Crippen LogP contribution in [0.4, 0.5) is 0 Å². The van der Waals surface area contributed by atoms with Gasteiger partial charge in [0, 0.05) is 6.04 Å². The molecule has 0 aliphatic heterocycles. The molecule has 3 heteroatoms. The van der Waals surface area contributed by atoms with Crippen LogP contribution in [-0.4, -0.2) is 20.8 Å². The Bertz CT molecular complexity index is 447. The van der Waals surface area contributed by atoms with Gasteiger partial charge < -0.3 is 14.8 Å². The topological polar surface area (TPSA) is 30.5 Å². The summed E-state index contributed by atoms with van der Waals surface area (Å²) in [5.41, 5.74) is 1.28. The molecule has 1 aromatic carbocycles. The third kappa shape index (κ3) is 4.13. The minimum Gasteiger partial charge on any atom is -0.493 e. The van der Waals surface area contributed by atoms with Crippen molar-refractivity contribution in [2.75, 3.05) is 20.8 Å². The van der Waals surface area contributed by atoms with Gasteiger partial charge in [-0.15, -0.1) is 0 Å². The summed E-state index contributed by atoms with van der Waals surface area (Å²) in [5, 5.41) is 3.74. The molecule has 1 aromatic rings. The van der Waals surface area contributed by atoms with Crippen LogP contribution >= 0.6 is 0 Å². The molecule has 0 spiro atoms. The molecule has 3 atom stereocenters. The molecule has 21 heavy (non-hydrogen) atoms. The third-order valence-corrected chi connectivity index (χ3v) is 4.67. The van der Waals surface area contributed by atoms with E-state index in [0.717, 1.165) is 36.3 Å². The second-order valence-corrected chi connectivity index (χ2v) is 6.27. The molecule has 0 bridgehead atoms. The summed E-state index contributed by atoms with van der Waals surface area (Å²) in [6.45, 7) is 5.72. The zero-order valence-electron chi connectivity index (χ0n) is 13.8. The first kappa shape index (κ1) is 16.2. The zero-order valence-corrected chi connectivity index (χ0v) is 13.8. The summed E-state index contributed by atoms with van der Waals surface area (Å²) in [6, 6.07) is 6.62. The van der Waals surface area contributed by atoms with Gasteiger partial charge in [-0.05, 0) is 55.3 Å². The maximum atomic E-state index is 5.41. The van der Waals surface area contributed by atoms with Crippen molar-refractivity contribution in [3.05, 3.63) is 23.8 Å². The molecule has 1 aliphatic carbocycles. The molecule has 1 fully saturated rings. The van der Waals surface area contributed by atoms with Gasteiger partial charge in [-0.3, -0.25) is 0 Å². The molecule has 0 amide bonds. The van der Waals surface area contributed by atoms with E-state index in [-0.39, 0.29) is 0 Å². The summed E-state index contributed by atoms with van der Waals surface area (Å²) in [4.78, 5) is 0. The van der Waals surface area contributed by atoms with Crippen molar-refractivity contribution < 1.29 is 9.47 Å². The Balaban J connectivity index is 1.99. The SMILES string of the molecule is CCC(NCC1CCC(C)C1)c1ccc(OC)c(OC)c1. The summed E-state index contributed by atoms with van der Waals surface area (Å²) in [6.07, 6.45) is 5.21. The summed E-state index contributed by atoms with van der Waals surface area (Å²) in [5.74, 6) is 3.35. The maximum Gasteiger partial charge on any atom is 0.161 e. The normalized spacial score (nSPS) is 23.0. The Morgan fingerprint density at radius 3 is 2.52 bits per heavy atom. The third-order valence-electron chi connectivity index (χ3n) is 4.67. The zero-order chi connectivity index (χ0) is 15.2. The van der Waals surface area contributed by atoms with Crippen molar-refractivity contribution >= 4 is 0 Å². The summed E-state index contributed by atoms with van der Waals surface area (Å²) < 4.78 is 10.7. The van der Waals surface area contributed by atoms with Crippen molar-refractivity contribution in [1.29, 1.82) is 0 Å². The molecule has 1 aliphatic rings. The highest BCUT2D eigenvalue weighted by Crippen LogP contribution is 2.32. The first-order valence-corrected chi connectivity index (χ1v) is 8.13. The average molecular weight is 291 g/mol. The van der Waals surface area contributed by atoms with E-state index in [4.69, 9.17) is 9.47 Å². The largest absolute Gasteiger partial charge is 0.493 e. The van der Waals surface area contributed by atoms with Crippen LogP contribution in [0.5, 0.6) is 11.5 Å². The molecule has 0 saturated heterocycles. The lowest BCUT2D eigenvalue weighted by Crippen LogP contribution is -2.26. The van der Waals surface area contributed by atoms with E-state index in [1.165, 1.54) is 24.8 Å². The lowest BCUT2D eigenvalue weighted by Gasteiger charge is -2.21. The van der Waals surface area contributed by atoms with Gasteiger partial charge in [0.1, 0.15) is 0 Å². The van der Waals surface area contributed by atoms with Crippen molar-refractivity contribution in [3.8, 4) is 11.5 Å². The average Bonchev–Trinajstić information content (AvgIpc) is 2.93. The lowest BCUT2D eigenvalue weighted by atomic mass is 10.0. The van der Waals surface area contributed by atoms with E-state index in [9.17, 15) is 0 Å². The van der Waals surface area contributed by atoms with Crippen molar-refractivity contribution in [1.82, 2.24) is 5.32 Å². The van der Waals surface area contributed by atoms with Gasteiger partial charge in [-0.25, -0.2) is 0 Å². The van der Waals surface area contributed by atoms with E-state index < -0.39 is 0 Å². The standard InChI is InChI=1S/C18H29NO2/c1-5-16(19-12-14-7-6-13(2)10-14)15-8-9-17(20-3)18(11-15)21-4/h8-9,11,13-14,16,19H,5-7,10,12H2,1-4H3. The minimum atomic E-state index is 0.390. The van der Waals surface area contributed by atoms with E-state index >= 15 is 0 Å². The Labute approximate surface area is 129 Å². The fraction of sp³-hybridized carbons (Fsp3) is 0.667. The van der Waals surface area contributed by atoms with Gasteiger partial charge in [0.05, 0.1) is 14.2 Å². The first-order valence-electron chi connectivity index (χ1n) is 8.13. The highest BCUT2D eigenvalue weighted by Gasteiger charge is 2.22. The van der Waals surface area contributed by atoms with Gasteiger partial charge in [0.15, 0.2) is 11.5 Å². The Kier molecular flexibility index (Phi) is 5.92. The predicted molar refractivity (Wildman–Crippen MR) is 87.1 cm³/mol. The molecule has 2 rings (SSSR count). The molecular weight excluding hydrogens is 262 g/mol. The fourth-order valence-electron chi connectivity index (χ4n) is 3.39. The van der Waals surface area contributed by atoms with E-state index in [2.05, 4.69) is 31.3 Å². The Morgan fingerprint density at radius 1 is 1.19 bits per heavy atom. The highest BCUT2D eigenvalue weighted by molar-refractivity contribution is 5.43. The van der Waals surface area contributed by atoms with Crippen LogP contribution in [0, 0.1) is 11.8 Å². The quantitative estimate of drug-likeness (QED) is 0.817. The molecule has 3 nitrogen and oxygen atoms in total. The molecular formula is C18H29NO2. The van der Waals surface area contributed by atoms with Crippen LogP contribution in [0.1, 0.15) is 51.1 Å². The van der Waals surface area contributed by atoms with Crippen molar-refractivity contribution in [2.45, 2.75) is 45.6 Å². The number of hydrogen-bond acceptors (Lipinski definition) is 3. The number of ether oxygens (including phenoxy) is 2. The lowest BCUT2D eigenvalue weighted by molar-refractivity contribution is 0.353. The number of hydrogen-bond donors (Lipinski definition) is 1. The predicted octanol–water partition coefficient (Wildman–Crippen LogP) is 4.18. The van der Waals surface area contributed by atoms with Gasteiger partial charge in [-0.1, -0.05) is 26.3 Å². The molecule has 118 valence electrons. The van der Waals surface area contributed by atoms with Crippen LogP contribution in [0.15, 0.2) is 18.2 Å².